The van der Waals surface area contributed by atoms with Crippen LogP contribution in [0.4, 0.5) is 0 Å². The maximum atomic E-state index is 6.29. The molecule has 21 heavy (non-hydrogen) atoms. The van der Waals surface area contributed by atoms with Gasteiger partial charge < -0.3 is 11.1 Å². The van der Waals surface area contributed by atoms with Crippen molar-refractivity contribution in [3.63, 3.8) is 0 Å². The van der Waals surface area contributed by atoms with E-state index in [2.05, 4.69) is 30.2 Å². The van der Waals surface area contributed by atoms with Gasteiger partial charge in [-0.25, -0.2) is 0 Å². The molecule has 5 heteroatoms. The van der Waals surface area contributed by atoms with E-state index in [0.717, 1.165) is 37.4 Å². The standard InChI is InChI=1S/C16H24ClN3.HI/c1-12(2)7-10-19-15(18)20-11-16(8-9-16)13-5-3-4-6-14(13)17;/h3-6,12H,7-11H2,1-2H3,(H3,18,19,20);1H. The maximum absolute atomic E-state index is 6.29. The summed E-state index contributed by atoms with van der Waals surface area (Å²) in [5, 5.41) is 4.01. The Kier molecular flexibility index (Phi) is 7.27. The van der Waals surface area contributed by atoms with Gasteiger partial charge in [0.2, 0.25) is 0 Å². The van der Waals surface area contributed by atoms with Gasteiger partial charge in [0, 0.05) is 17.0 Å². The number of hydrogen-bond donors (Lipinski definition) is 2. The first-order valence-corrected chi connectivity index (χ1v) is 7.70. The number of halogens is 2. The lowest BCUT2D eigenvalue weighted by atomic mass is 9.96. The van der Waals surface area contributed by atoms with Crippen LogP contribution in [-0.4, -0.2) is 19.0 Å². The summed E-state index contributed by atoms with van der Waals surface area (Å²) in [5.74, 6) is 1.22. The molecule has 1 saturated carbocycles. The third kappa shape index (κ3) is 5.33. The summed E-state index contributed by atoms with van der Waals surface area (Å²) in [6, 6.07) is 8.06. The van der Waals surface area contributed by atoms with Crippen molar-refractivity contribution < 1.29 is 0 Å². The summed E-state index contributed by atoms with van der Waals surface area (Å²) in [6.07, 6.45) is 3.38. The fourth-order valence-corrected chi connectivity index (χ4v) is 2.67. The van der Waals surface area contributed by atoms with Crippen molar-refractivity contribution in [1.82, 2.24) is 5.32 Å². The highest BCUT2D eigenvalue weighted by Crippen LogP contribution is 2.50. The number of aliphatic imine (C=N–C) groups is 1. The topological polar surface area (TPSA) is 50.4 Å². The van der Waals surface area contributed by atoms with Gasteiger partial charge in [-0.2, -0.15) is 0 Å². The van der Waals surface area contributed by atoms with E-state index in [9.17, 15) is 0 Å². The Morgan fingerprint density at radius 2 is 2.05 bits per heavy atom. The quantitative estimate of drug-likeness (QED) is 0.415. The van der Waals surface area contributed by atoms with Crippen LogP contribution in [0.5, 0.6) is 0 Å². The molecular weight excluding hydrogens is 397 g/mol. The Labute approximate surface area is 149 Å². The summed E-state index contributed by atoms with van der Waals surface area (Å²) in [6.45, 7) is 6.00. The second-order valence-electron chi connectivity index (χ2n) is 6.07. The molecular formula is C16H25ClIN3. The lowest BCUT2D eigenvalue weighted by Gasteiger charge is -2.15. The van der Waals surface area contributed by atoms with Crippen molar-refractivity contribution in [1.29, 1.82) is 0 Å². The minimum absolute atomic E-state index is 0. The zero-order valence-electron chi connectivity index (χ0n) is 12.7. The first-order chi connectivity index (χ1) is 9.53. The van der Waals surface area contributed by atoms with E-state index in [4.69, 9.17) is 17.3 Å². The summed E-state index contributed by atoms with van der Waals surface area (Å²) >= 11 is 6.29. The molecule has 0 aliphatic heterocycles. The van der Waals surface area contributed by atoms with E-state index >= 15 is 0 Å². The Bertz CT molecular complexity index is 484. The predicted octanol–water partition coefficient (Wildman–Crippen LogP) is 3.94. The first-order valence-electron chi connectivity index (χ1n) is 7.32. The van der Waals surface area contributed by atoms with Gasteiger partial charge in [0.15, 0.2) is 5.96 Å². The van der Waals surface area contributed by atoms with Gasteiger partial charge in [0.05, 0.1) is 6.54 Å². The highest BCUT2D eigenvalue weighted by Gasteiger charge is 2.45. The van der Waals surface area contributed by atoms with Gasteiger partial charge in [-0.3, -0.25) is 4.99 Å². The number of nitrogens with zero attached hydrogens (tertiary/aromatic N) is 1. The molecule has 0 radical (unpaired) electrons. The van der Waals surface area contributed by atoms with Crippen LogP contribution in [0.2, 0.25) is 5.02 Å². The highest BCUT2D eigenvalue weighted by molar-refractivity contribution is 14.0. The Balaban J connectivity index is 0.00000220. The normalized spacial score (nSPS) is 16.5. The van der Waals surface area contributed by atoms with Crippen molar-refractivity contribution in [2.75, 3.05) is 13.1 Å². The highest BCUT2D eigenvalue weighted by atomic mass is 127. The van der Waals surface area contributed by atoms with Crippen LogP contribution in [0.1, 0.15) is 38.7 Å². The van der Waals surface area contributed by atoms with E-state index in [-0.39, 0.29) is 29.4 Å². The zero-order chi connectivity index (χ0) is 14.6. The lowest BCUT2D eigenvalue weighted by Crippen LogP contribution is -2.33. The monoisotopic (exact) mass is 421 g/mol. The Hall–Kier alpha value is -0.490. The molecule has 3 nitrogen and oxygen atoms in total. The number of rotatable bonds is 6. The molecule has 0 amide bonds. The molecule has 0 bridgehead atoms. The first kappa shape index (κ1) is 18.6. The van der Waals surface area contributed by atoms with Crippen LogP contribution < -0.4 is 11.1 Å². The van der Waals surface area contributed by atoms with E-state index in [0.29, 0.717) is 11.9 Å². The molecule has 118 valence electrons. The number of benzene rings is 1. The second-order valence-corrected chi connectivity index (χ2v) is 6.48. The molecule has 1 aromatic rings. The molecule has 0 saturated heterocycles. The average molecular weight is 422 g/mol. The molecule has 1 aromatic carbocycles. The SMILES string of the molecule is CC(C)CCNC(N)=NCC1(c2ccccc2Cl)CC1.I. The molecule has 0 aromatic heterocycles. The molecule has 0 unspecified atom stereocenters. The van der Waals surface area contributed by atoms with Crippen molar-refractivity contribution in [3.05, 3.63) is 34.9 Å². The number of hydrogen-bond acceptors (Lipinski definition) is 1. The number of nitrogens with two attached hydrogens (primary N) is 1. The molecule has 1 aliphatic carbocycles. The van der Waals surface area contributed by atoms with Gasteiger partial charge in [-0.1, -0.05) is 43.6 Å². The molecule has 0 spiro atoms. The Morgan fingerprint density at radius 1 is 1.38 bits per heavy atom. The largest absolute Gasteiger partial charge is 0.370 e. The molecule has 1 aliphatic rings. The summed E-state index contributed by atoms with van der Waals surface area (Å²) in [5.41, 5.74) is 7.24. The van der Waals surface area contributed by atoms with Gasteiger partial charge >= 0.3 is 0 Å². The van der Waals surface area contributed by atoms with Crippen LogP contribution in [0.25, 0.3) is 0 Å². The van der Waals surface area contributed by atoms with E-state index in [1.54, 1.807) is 0 Å². The van der Waals surface area contributed by atoms with Gasteiger partial charge in [-0.05, 0) is 36.8 Å². The zero-order valence-corrected chi connectivity index (χ0v) is 15.8. The smallest absolute Gasteiger partial charge is 0.188 e. The third-order valence-corrected chi connectivity index (χ3v) is 4.21. The van der Waals surface area contributed by atoms with Crippen LogP contribution in [0, 0.1) is 5.92 Å². The van der Waals surface area contributed by atoms with Crippen molar-refractivity contribution >= 4 is 41.5 Å². The number of guanidine groups is 1. The minimum atomic E-state index is 0. The lowest BCUT2D eigenvalue weighted by molar-refractivity contribution is 0.576. The van der Waals surface area contributed by atoms with E-state index in [1.807, 2.05) is 18.2 Å². The average Bonchev–Trinajstić information content (AvgIpc) is 3.17. The summed E-state index contributed by atoms with van der Waals surface area (Å²) in [4.78, 5) is 4.50. The second kappa shape index (κ2) is 8.22. The van der Waals surface area contributed by atoms with Gasteiger partial charge in [-0.15, -0.1) is 24.0 Å². The fraction of sp³-hybridized carbons (Fsp3) is 0.562. The number of nitrogens with one attached hydrogen (secondary N) is 1. The van der Waals surface area contributed by atoms with Crippen LogP contribution in [0.3, 0.4) is 0 Å². The third-order valence-electron chi connectivity index (χ3n) is 3.88. The predicted molar refractivity (Wildman–Crippen MR) is 102 cm³/mol. The molecule has 2 rings (SSSR count). The summed E-state index contributed by atoms with van der Waals surface area (Å²) < 4.78 is 0. The van der Waals surface area contributed by atoms with Gasteiger partial charge in [0.1, 0.15) is 0 Å². The molecule has 0 heterocycles. The van der Waals surface area contributed by atoms with Crippen LogP contribution >= 0.6 is 35.6 Å². The van der Waals surface area contributed by atoms with Crippen molar-refractivity contribution in [2.24, 2.45) is 16.6 Å². The fourth-order valence-electron chi connectivity index (χ4n) is 2.34. The molecule has 1 fully saturated rings. The minimum Gasteiger partial charge on any atom is -0.370 e. The van der Waals surface area contributed by atoms with E-state index in [1.165, 1.54) is 5.56 Å². The van der Waals surface area contributed by atoms with Crippen LogP contribution in [0.15, 0.2) is 29.3 Å². The van der Waals surface area contributed by atoms with E-state index < -0.39 is 0 Å². The van der Waals surface area contributed by atoms with Crippen molar-refractivity contribution in [2.45, 2.75) is 38.5 Å². The Morgan fingerprint density at radius 3 is 2.62 bits per heavy atom. The van der Waals surface area contributed by atoms with Crippen LogP contribution in [-0.2, 0) is 5.41 Å². The van der Waals surface area contributed by atoms with Gasteiger partial charge in [0.25, 0.3) is 0 Å². The maximum Gasteiger partial charge on any atom is 0.188 e. The molecule has 3 N–H and O–H groups in total. The van der Waals surface area contributed by atoms with Crippen molar-refractivity contribution in [3.8, 4) is 0 Å². The molecule has 0 atom stereocenters. The summed E-state index contributed by atoms with van der Waals surface area (Å²) in [7, 11) is 0.